The lowest BCUT2D eigenvalue weighted by molar-refractivity contribution is 0.113. The molecule has 32 heavy (non-hydrogen) atoms. The number of oxime groups is 1. The van der Waals surface area contributed by atoms with E-state index in [0.29, 0.717) is 42.7 Å². The maximum atomic E-state index is 11.9. The van der Waals surface area contributed by atoms with Crippen molar-refractivity contribution in [1.82, 2.24) is 25.2 Å². The summed E-state index contributed by atoms with van der Waals surface area (Å²) in [7, 11) is 1.72. The van der Waals surface area contributed by atoms with E-state index in [0.717, 1.165) is 5.56 Å². The van der Waals surface area contributed by atoms with Crippen LogP contribution in [0.5, 0.6) is 0 Å². The molecule has 0 unspecified atom stereocenters. The third kappa shape index (κ3) is 6.84. The van der Waals surface area contributed by atoms with Gasteiger partial charge in [-0.1, -0.05) is 41.6 Å². The van der Waals surface area contributed by atoms with Crippen molar-refractivity contribution in [2.24, 2.45) is 12.2 Å². The van der Waals surface area contributed by atoms with Gasteiger partial charge in [-0.25, -0.2) is 14.5 Å². The largest absolute Gasteiger partial charge is 0.449 e. The highest BCUT2D eigenvalue weighted by atomic mass is 16.6. The molecule has 11 nitrogen and oxygen atoms in total. The van der Waals surface area contributed by atoms with Gasteiger partial charge in [-0.05, 0) is 29.5 Å². The fourth-order valence-electron chi connectivity index (χ4n) is 2.65. The number of carbonyl (C=O) groups is 1. The SMILES string of the molecule is CCOCCCOC(=O)Nc1cccc(CON=C(c2ccccc2)c2nnnn2C)n1. The van der Waals surface area contributed by atoms with Crippen LogP contribution in [-0.2, 0) is 28.0 Å². The number of pyridine rings is 1. The van der Waals surface area contributed by atoms with Crippen molar-refractivity contribution in [3.8, 4) is 0 Å². The Morgan fingerprint density at radius 2 is 1.97 bits per heavy atom. The molecule has 168 valence electrons. The third-order valence-electron chi connectivity index (χ3n) is 4.15. The van der Waals surface area contributed by atoms with Crippen LogP contribution < -0.4 is 5.32 Å². The summed E-state index contributed by atoms with van der Waals surface area (Å²) in [5.41, 5.74) is 1.87. The molecular formula is C21H25N7O4. The van der Waals surface area contributed by atoms with Crippen LogP contribution in [0.4, 0.5) is 10.6 Å². The molecule has 0 fully saturated rings. The first-order valence-corrected chi connectivity index (χ1v) is 10.1. The van der Waals surface area contributed by atoms with Crippen LogP contribution in [0.3, 0.4) is 0 Å². The molecule has 0 atom stereocenters. The Morgan fingerprint density at radius 3 is 2.72 bits per heavy atom. The van der Waals surface area contributed by atoms with Gasteiger partial charge < -0.3 is 14.3 Å². The maximum absolute atomic E-state index is 11.9. The fraction of sp³-hybridized carbons (Fsp3) is 0.333. The van der Waals surface area contributed by atoms with Crippen molar-refractivity contribution in [3.63, 3.8) is 0 Å². The van der Waals surface area contributed by atoms with Crippen molar-refractivity contribution in [3.05, 3.63) is 65.6 Å². The number of aromatic nitrogens is 5. The van der Waals surface area contributed by atoms with Crippen LogP contribution in [-0.4, -0.2) is 56.8 Å². The number of nitrogens with zero attached hydrogens (tertiary/aromatic N) is 6. The summed E-state index contributed by atoms with van der Waals surface area (Å²) in [6.45, 7) is 3.45. The van der Waals surface area contributed by atoms with Crippen LogP contribution in [0, 0.1) is 0 Å². The summed E-state index contributed by atoms with van der Waals surface area (Å²) >= 11 is 0. The monoisotopic (exact) mass is 439 g/mol. The minimum absolute atomic E-state index is 0.0839. The van der Waals surface area contributed by atoms with Gasteiger partial charge in [0.1, 0.15) is 5.82 Å². The van der Waals surface area contributed by atoms with Crippen LogP contribution in [0.25, 0.3) is 0 Å². The average molecular weight is 439 g/mol. The Labute approximate surface area is 185 Å². The third-order valence-corrected chi connectivity index (χ3v) is 4.15. The zero-order valence-electron chi connectivity index (χ0n) is 18.0. The minimum atomic E-state index is -0.578. The Kier molecular flexibility index (Phi) is 8.63. The minimum Gasteiger partial charge on any atom is -0.449 e. The van der Waals surface area contributed by atoms with Crippen LogP contribution in [0.2, 0.25) is 0 Å². The van der Waals surface area contributed by atoms with Gasteiger partial charge in [-0.2, -0.15) is 0 Å². The fourth-order valence-corrected chi connectivity index (χ4v) is 2.65. The number of ether oxygens (including phenoxy) is 2. The number of carbonyl (C=O) groups excluding carboxylic acids is 1. The highest BCUT2D eigenvalue weighted by molar-refractivity contribution is 6.10. The van der Waals surface area contributed by atoms with Gasteiger partial charge in [-0.15, -0.1) is 5.10 Å². The van der Waals surface area contributed by atoms with E-state index in [1.807, 2.05) is 37.3 Å². The van der Waals surface area contributed by atoms with E-state index in [1.165, 1.54) is 4.68 Å². The summed E-state index contributed by atoms with van der Waals surface area (Å²) in [5.74, 6) is 0.817. The Bertz CT molecular complexity index is 1020. The molecule has 0 bridgehead atoms. The molecule has 1 aromatic carbocycles. The topological polar surface area (TPSA) is 126 Å². The molecule has 0 aliphatic heterocycles. The Hall–Kier alpha value is -3.86. The van der Waals surface area contributed by atoms with Gasteiger partial charge in [-0.3, -0.25) is 5.32 Å². The lowest BCUT2D eigenvalue weighted by Gasteiger charge is -2.08. The number of amides is 1. The van der Waals surface area contributed by atoms with Gasteiger partial charge in [0.15, 0.2) is 12.3 Å². The molecule has 2 aromatic heterocycles. The molecule has 1 amide bonds. The summed E-state index contributed by atoms with van der Waals surface area (Å²) in [6, 6.07) is 14.6. The molecular weight excluding hydrogens is 414 g/mol. The van der Waals surface area contributed by atoms with Gasteiger partial charge in [0, 0.05) is 32.2 Å². The number of benzene rings is 1. The maximum Gasteiger partial charge on any atom is 0.412 e. The van der Waals surface area contributed by atoms with Gasteiger partial charge >= 0.3 is 6.09 Å². The molecule has 0 saturated heterocycles. The Morgan fingerprint density at radius 1 is 1.12 bits per heavy atom. The van der Waals surface area contributed by atoms with Crippen LogP contribution >= 0.6 is 0 Å². The quantitative estimate of drug-likeness (QED) is 0.274. The number of nitrogens with one attached hydrogen (secondary N) is 1. The zero-order chi connectivity index (χ0) is 22.6. The van der Waals surface area contributed by atoms with Crippen molar-refractivity contribution >= 4 is 17.6 Å². The normalized spacial score (nSPS) is 11.2. The second-order valence-corrected chi connectivity index (χ2v) is 6.53. The smallest absolute Gasteiger partial charge is 0.412 e. The lowest BCUT2D eigenvalue weighted by atomic mass is 10.1. The van der Waals surface area contributed by atoms with Gasteiger partial charge in [0.2, 0.25) is 5.82 Å². The summed E-state index contributed by atoms with van der Waals surface area (Å²) in [5, 5.41) is 18.4. The number of rotatable bonds is 11. The first-order chi connectivity index (χ1) is 15.7. The molecule has 0 radical (unpaired) electrons. The average Bonchev–Trinajstić information content (AvgIpc) is 3.23. The first kappa shape index (κ1) is 22.8. The Balaban J connectivity index is 1.59. The van der Waals surface area contributed by atoms with Crippen molar-refractivity contribution < 1.29 is 19.1 Å². The lowest BCUT2D eigenvalue weighted by Crippen LogP contribution is -2.16. The zero-order valence-corrected chi connectivity index (χ0v) is 18.0. The van der Waals surface area contributed by atoms with E-state index >= 15 is 0 Å². The molecule has 3 aromatic rings. The van der Waals surface area contributed by atoms with E-state index in [4.69, 9.17) is 14.3 Å². The number of hydrogen-bond donors (Lipinski definition) is 1. The van der Waals surface area contributed by atoms with Crippen LogP contribution in [0.15, 0.2) is 53.7 Å². The van der Waals surface area contributed by atoms with Crippen molar-refractivity contribution in [1.29, 1.82) is 0 Å². The summed E-state index contributed by atoms with van der Waals surface area (Å²) in [4.78, 5) is 21.8. The molecule has 11 heteroatoms. The molecule has 1 N–H and O–H groups in total. The van der Waals surface area contributed by atoms with Crippen molar-refractivity contribution in [2.45, 2.75) is 20.0 Å². The highest BCUT2D eigenvalue weighted by Gasteiger charge is 2.15. The molecule has 2 heterocycles. The number of anilines is 1. The molecule has 0 aliphatic carbocycles. The van der Waals surface area contributed by atoms with E-state index in [-0.39, 0.29) is 13.2 Å². The van der Waals surface area contributed by atoms with Gasteiger partial charge in [0.25, 0.3) is 0 Å². The van der Waals surface area contributed by atoms with Gasteiger partial charge in [0.05, 0.1) is 12.3 Å². The summed E-state index contributed by atoms with van der Waals surface area (Å²) < 4.78 is 11.8. The predicted octanol–water partition coefficient (Wildman–Crippen LogP) is 2.55. The first-order valence-electron chi connectivity index (χ1n) is 10.1. The van der Waals surface area contributed by atoms with E-state index in [9.17, 15) is 4.79 Å². The number of hydrogen-bond acceptors (Lipinski definition) is 9. The highest BCUT2D eigenvalue weighted by Crippen LogP contribution is 2.10. The number of aryl methyl sites for hydroxylation is 1. The second kappa shape index (κ2) is 12.1. The van der Waals surface area contributed by atoms with Crippen molar-refractivity contribution in [2.75, 3.05) is 25.1 Å². The second-order valence-electron chi connectivity index (χ2n) is 6.53. The molecule has 0 aliphatic rings. The van der Waals surface area contributed by atoms with Crippen LogP contribution in [0.1, 0.15) is 30.4 Å². The summed E-state index contributed by atoms with van der Waals surface area (Å²) in [6.07, 6.45) is 0.0528. The molecule has 3 rings (SSSR count). The van der Waals surface area contributed by atoms with E-state index in [2.05, 4.69) is 31.0 Å². The number of tetrazole rings is 1. The predicted molar refractivity (Wildman–Crippen MR) is 116 cm³/mol. The molecule has 0 saturated carbocycles. The van der Waals surface area contributed by atoms with E-state index in [1.54, 1.807) is 25.2 Å². The van der Waals surface area contributed by atoms with E-state index < -0.39 is 6.09 Å². The standard InChI is InChI=1S/C21H25N7O4/c1-3-30-13-8-14-31-21(29)23-18-12-7-11-17(22-18)15-32-25-19(16-9-5-4-6-10-16)20-24-26-27-28(20)2/h4-7,9-12H,3,8,13-15H2,1-2H3,(H,22,23,29). The molecule has 0 spiro atoms.